The predicted molar refractivity (Wildman–Crippen MR) is 134 cm³/mol. The Labute approximate surface area is 215 Å². The molecule has 0 aromatic heterocycles. The second kappa shape index (κ2) is 11.3. The van der Waals surface area contributed by atoms with Gasteiger partial charge in [0.25, 0.3) is 5.91 Å². The third kappa shape index (κ3) is 6.95. The van der Waals surface area contributed by atoms with Gasteiger partial charge in [0.1, 0.15) is 5.75 Å². The van der Waals surface area contributed by atoms with E-state index in [0.29, 0.717) is 43.2 Å². The molecule has 2 aromatic carbocycles. The van der Waals surface area contributed by atoms with Gasteiger partial charge in [-0.25, -0.2) is 13.1 Å². The van der Waals surface area contributed by atoms with Crippen molar-refractivity contribution >= 4 is 21.6 Å². The minimum atomic E-state index is -4.41. The SMILES string of the molecule is Cc1cc(S(=O)(=O)NC2CCCCC2)ccc1OCC(=O)N1CCN(c2cccc(C(F)(F)F)c2)CC1. The highest BCUT2D eigenvalue weighted by molar-refractivity contribution is 7.89. The lowest BCUT2D eigenvalue weighted by Crippen LogP contribution is -2.50. The van der Waals surface area contributed by atoms with E-state index in [1.165, 1.54) is 12.1 Å². The van der Waals surface area contributed by atoms with Crippen LogP contribution in [0.25, 0.3) is 0 Å². The average molecular weight is 540 g/mol. The number of carbonyl (C=O) groups is 1. The van der Waals surface area contributed by atoms with Gasteiger partial charge in [0.15, 0.2) is 6.61 Å². The first kappa shape index (κ1) is 27.3. The van der Waals surface area contributed by atoms with Gasteiger partial charge < -0.3 is 14.5 Å². The number of nitrogens with one attached hydrogen (secondary N) is 1. The van der Waals surface area contributed by atoms with Crippen LogP contribution in [0.4, 0.5) is 18.9 Å². The van der Waals surface area contributed by atoms with Crippen LogP contribution in [-0.4, -0.2) is 58.1 Å². The minimum absolute atomic E-state index is 0.0401. The smallest absolute Gasteiger partial charge is 0.416 e. The number of aryl methyl sites for hydroxylation is 1. The highest BCUT2D eigenvalue weighted by atomic mass is 32.2. The van der Waals surface area contributed by atoms with Gasteiger partial charge in [-0.1, -0.05) is 25.3 Å². The molecule has 1 saturated carbocycles. The molecular weight excluding hydrogens is 507 g/mol. The number of ether oxygens (including phenoxy) is 1. The summed E-state index contributed by atoms with van der Waals surface area (Å²) < 4.78 is 73.0. The molecule has 202 valence electrons. The number of carbonyl (C=O) groups excluding carboxylic acids is 1. The predicted octanol–water partition coefficient (Wildman–Crippen LogP) is 4.35. The lowest BCUT2D eigenvalue weighted by atomic mass is 9.96. The van der Waals surface area contributed by atoms with Crippen molar-refractivity contribution in [2.75, 3.05) is 37.7 Å². The summed E-state index contributed by atoms with van der Waals surface area (Å²) in [4.78, 5) is 16.3. The van der Waals surface area contributed by atoms with Crippen molar-refractivity contribution < 1.29 is 31.1 Å². The van der Waals surface area contributed by atoms with E-state index in [1.807, 2.05) is 4.90 Å². The first-order valence-corrected chi connectivity index (χ1v) is 14.0. The number of amides is 1. The van der Waals surface area contributed by atoms with Crippen molar-refractivity contribution in [3.8, 4) is 5.75 Å². The molecule has 0 bridgehead atoms. The van der Waals surface area contributed by atoms with Crippen LogP contribution in [0.2, 0.25) is 0 Å². The zero-order valence-electron chi connectivity index (χ0n) is 20.8. The van der Waals surface area contributed by atoms with Crippen LogP contribution in [0.5, 0.6) is 5.75 Å². The molecule has 4 rings (SSSR count). The maximum absolute atomic E-state index is 13.0. The molecule has 2 fully saturated rings. The lowest BCUT2D eigenvalue weighted by Gasteiger charge is -2.36. The van der Waals surface area contributed by atoms with Crippen molar-refractivity contribution in [1.82, 2.24) is 9.62 Å². The van der Waals surface area contributed by atoms with E-state index in [-0.39, 0.29) is 23.5 Å². The molecule has 11 heteroatoms. The molecule has 0 unspecified atom stereocenters. The second-order valence-corrected chi connectivity index (χ2v) is 11.3. The average Bonchev–Trinajstić information content (AvgIpc) is 2.88. The van der Waals surface area contributed by atoms with Crippen LogP contribution < -0.4 is 14.4 Å². The summed E-state index contributed by atoms with van der Waals surface area (Å²) in [5, 5.41) is 0. The topological polar surface area (TPSA) is 78.9 Å². The van der Waals surface area contributed by atoms with Crippen molar-refractivity contribution in [3.05, 3.63) is 53.6 Å². The number of anilines is 1. The fourth-order valence-corrected chi connectivity index (χ4v) is 6.17. The van der Waals surface area contributed by atoms with Crippen LogP contribution in [0.3, 0.4) is 0 Å². The van der Waals surface area contributed by atoms with Crippen molar-refractivity contribution in [3.63, 3.8) is 0 Å². The van der Waals surface area contributed by atoms with Gasteiger partial charge in [-0.05, 0) is 61.7 Å². The Hall–Kier alpha value is -2.79. The van der Waals surface area contributed by atoms with Crippen molar-refractivity contribution in [2.45, 2.75) is 56.1 Å². The van der Waals surface area contributed by atoms with E-state index < -0.39 is 21.8 Å². The quantitative estimate of drug-likeness (QED) is 0.566. The van der Waals surface area contributed by atoms with E-state index in [2.05, 4.69) is 4.72 Å². The number of nitrogens with zero attached hydrogens (tertiary/aromatic N) is 2. The molecular formula is C26H32F3N3O4S. The molecule has 1 aliphatic carbocycles. The molecule has 0 spiro atoms. The zero-order chi connectivity index (χ0) is 26.6. The van der Waals surface area contributed by atoms with Crippen LogP contribution in [0, 0.1) is 6.92 Å². The molecule has 1 N–H and O–H groups in total. The van der Waals surface area contributed by atoms with Gasteiger partial charge in [0, 0.05) is 37.9 Å². The van der Waals surface area contributed by atoms with E-state index in [0.717, 1.165) is 44.2 Å². The molecule has 0 radical (unpaired) electrons. The maximum Gasteiger partial charge on any atom is 0.416 e. The summed E-state index contributed by atoms with van der Waals surface area (Å²) >= 11 is 0. The lowest BCUT2D eigenvalue weighted by molar-refractivity contribution is -0.137. The van der Waals surface area contributed by atoms with Gasteiger partial charge in [0.05, 0.1) is 10.5 Å². The number of alkyl halides is 3. The number of rotatable bonds is 7. The van der Waals surface area contributed by atoms with E-state index in [9.17, 15) is 26.4 Å². The van der Waals surface area contributed by atoms with Gasteiger partial charge in [0.2, 0.25) is 10.0 Å². The molecule has 1 aliphatic heterocycles. The molecule has 37 heavy (non-hydrogen) atoms. The highest BCUT2D eigenvalue weighted by Crippen LogP contribution is 2.32. The summed E-state index contributed by atoms with van der Waals surface area (Å²) in [6.45, 7) is 3.06. The number of benzene rings is 2. The van der Waals surface area contributed by atoms with Gasteiger partial charge in [-0.15, -0.1) is 0 Å². The Bertz CT molecular complexity index is 1210. The second-order valence-electron chi connectivity index (χ2n) is 9.59. The van der Waals surface area contributed by atoms with Gasteiger partial charge in [-0.3, -0.25) is 4.79 Å². The van der Waals surface area contributed by atoms with Crippen LogP contribution in [-0.2, 0) is 21.0 Å². The first-order valence-electron chi connectivity index (χ1n) is 12.5. The Morgan fingerprint density at radius 2 is 1.73 bits per heavy atom. The number of sulfonamides is 1. The molecule has 2 aromatic rings. The third-order valence-corrected chi connectivity index (χ3v) is 8.42. The zero-order valence-corrected chi connectivity index (χ0v) is 21.6. The van der Waals surface area contributed by atoms with Crippen molar-refractivity contribution in [2.24, 2.45) is 0 Å². The monoisotopic (exact) mass is 539 g/mol. The first-order chi connectivity index (χ1) is 17.5. The standard InChI is InChI=1S/C26H32F3N3O4S/c1-19-16-23(37(34,35)30-21-7-3-2-4-8-21)10-11-24(19)36-18-25(33)32-14-12-31(13-15-32)22-9-5-6-20(17-22)26(27,28)29/h5-6,9-11,16-17,21,30H,2-4,7-8,12-15,18H2,1H3. The van der Waals surface area contributed by atoms with Crippen LogP contribution in [0.15, 0.2) is 47.4 Å². The maximum atomic E-state index is 13.0. The fraction of sp³-hybridized carbons (Fsp3) is 0.500. The number of hydrogen-bond acceptors (Lipinski definition) is 5. The molecule has 1 saturated heterocycles. The van der Waals surface area contributed by atoms with Crippen molar-refractivity contribution in [1.29, 1.82) is 0 Å². The Kier molecular flexibility index (Phi) is 8.33. The molecule has 2 aliphatic rings. The summed E-state index contributed by atoms with van der Waals surface area (Å²) in [6.07, 6.45) is 0.456. The number of halogens is 3. The van der Waals surface area contributed by atoms with E-state index in [1.54, 1.807) is 30.0 Å². The largest absolute Gasteiger partial charge is 0.483 e. The molecule has 1 heterocycles. The van der Waals surface area contributed by atoms with Crippen LogP contribution >= 0.6 is 0 Å². The van der Waals surface area contributed by atoms with Crippen LogP contribution in [0.1, 0.15) is 43.2 Å². The number of hydrogen-bond donors (Lipinski definition) is 1. The summed E-state index contributed by atoms with van der Waals surface area (Å²) in [5.74, 6) is 0.186. The van der Waals surface area contributed by atoms with Gasteiger partial charge in [-0.2, -0.15) is 13.2 Å². The third-order valence-electron chi connectivity index (χ3n) is 6.91. The number of piperazine rings is 1. The molecule has 0 atom stereocenters. The van der Waals surface area contributed by atoms with Gasteiger partial charge >= 0.3 is 6.18 Å². The Morgan fingerprint density at radius 3 is 2.38 bits per heavy atom. The molecule has 1 amide bonds. The fourth-order valence-electron chi connectivity index (χ4n) is 4.78. The molecule has 7 nitrogen and oxygen atoms in total. The normalized spacial score (nSPS) is 17.6. The Balaban J connectivity index is 1.29. The van der Waals surface area contributed by atoms with E-state index in [4.69, 9.17) is 4.74 Å². The highest BCUT2D eigenvalue weighted by Gasteiger charge is 2.31. The Morgan fingerprint density at radius 1 is 1.03 bits per heavy atom. The summed E-state index contributed by atoms with van der Waals surface area (Å²) in [6, 6.07) is 9.72. The summed E-state index contributed by atoms with van der Waals surface area (Å²) in [7, 11) is -3.63. The minimum Gasteiger partial charge on any atom is -0.483 e. The van der Waals surface area contributed by atoms with E-state index >= 15 is 0 Å². The summed E-state index contributed by atoms with van der Waals surface area (Å²) in [5.41, 5.74) is 0.381.